The molecule has 0 aliphatic carbocycles. The van der Waals surface area contributed by atoms with E-state index < -0.39 is 0 Å². The molecule has 0 bridgehead atoms. The Balaban J connectivity index is 2.99. The second-order valence-corrected chi connectivity index (χ2v) is 5.34. The summed E-state index contributed by atoms with van der Waals surface area (Å²) in [5, 5.41) is 0. The first kappa shape index (κ1) is 20.8. The van der Waals surface area contributed by atoms with Crippen LogP contribution in [0.3, 0.4) is 0 Å². The summed E-state index contributed by atoms with van der Waals surface area (Å²) in [7, 11) is 0. The van der Waals surface area contributed by atoms with Crippen molar-refractivity contribution < 1.29 is 23.7 Å². The summed E-state index contributed by atoms with van der Waals surface area (Å²) < 4.78 is 27.0. The topological polar surface area (TPSA) is 46.2 Å². The Morgan fingerprint density at radius 2 is 1.05 bits per heavy atom. The molecular weight excluding hydrogens is 272 g/mol. The van der Waals surface area contributed by atoms with Crippen molar-refractivity contribution >= 4 is 0 Å². The van der Waals surface area contributed by atoms with Crippen LogP contribution in [0.2, 0.25) is 0 Å². The smallest absolute Gasteiger partial charge is 0.0703 e. The Morgan fingerprint density at radius 3 is 1.48 bits per heavy atom. The third kappa shape index (κ3) is 17.7. The molecule has 21 heavy (non-hydrogen) atoms. The molecule has 5 nitrogen and oxygen atoms in total. The second kappa shape index (κ2) is 16.2. The quantitative estimate of drug-likeness (QED) is 0.410. The van der Waals surface area contributed by atoms with Gasteiger partial charge in [0.05, 0.1) is 59.0 Å². The first-order valence-corrected chi connectivity index (χ1v) is 8.09. The molecule has 1 atom stereocenters. The van der Waals surface area contributed by atoms with E-state index in [1.165, 1.54) is 0 Å². The average Bonchev–Trinajstić information content (AvgIpc) is 2.46. The van der Waals surface area contributed by atoms with E-state index in [1.54, 1.807) is 0 Å². The molecule has 5 heteroatoms. The zero-order chi connectivity index (χ0) is 15.8. The van der Waals surface area contributed by atoms with Crippen molar-refractivity contribution in [2.75, 3.05) is 59.5 Å². The van der Waals surface area contributed by atoms with Gasteiger partial charge in [-0.1, -0.05) is 20.3 Å². The van der Waals surface area contributed by atoms with Crippen LogP contribution in [0, 0.1) is 5.92 Å². The lowest BCUT2D eigenvalue weighted by atomic mass is 10.1. The summed E-state index contributed by atoms with van der Waals surface area (Å²) in [6.45, 7) is 14.1. The Morgan fingerprint density at radius 1 is 0.619 bits per heavy atom. The van der Waals surface area contributed by atoms with Crippen molar-refractivity contribution in [3.8, 4) is 0 Å². The van der Waals surface area contributed by atoms with Gasteiger partial charge in [0, 0.05) is 6.61 Å². The summed E-state index contributed by atoms with van der Waals surface area (Å²) in [5.41, 5.74) is 0. The van der Waals surface area contributed by atoms with E-state index in [-0.39, 0.29) is 6.10 Å². The van der Waals surface area contributed by atoms with Crippen LogP contribution in [0.15, 0.2) is 0 Å². The van der Waals surface area contributed by atoms with Crippen LogP contribution in [-0.2, 0) is 23.7 Å². The SMILES string of the molecule is CCC(C)COCCOCCOCCOCCOC(C)C. The van der Waals surface area contributed by atoms with Crippen molar-refractivity contribution in [2.45, 2.75) is 40.2 Å². The normalized spacial score (nSPS) is 13.0. The molecule has 0 saturated carbocycles. The molecule has 0 amide bonds. The summed E-state index contributed by atoms with van der Waals surface area (Å²) in [4.78, 5) is 0. The predicted octanol–water partition coefficient (Wildman–Crippen LogP) is 2.52. The first-order valence-electron chi connectivity index (χ1n) is 8.09. The Bertz CT molecular complexity index is 199. The standard InChI is InChI=1S/C16H34O5/c1-5-16(4)14-20-11-10-18-7-6-17-8-9-19-12-13-21-15(2)3/h15-16H,5-14H2,1-4H3. The molecule has 0 aromatic rings. The largest absolute Gasteiger partial charge is 0.379 e. The van der Waals surface area contributed by atoms with Crippen molar-refractivity contribution in [2.24, 2.45) is 5.92 Å². The predicted molar refractivity (Wildman–Crippen MR) is 83.8 cm³/mol. The molecule has 0 aliphatic rings. The van der Waals surface area contributed by atoms with Crippen LogP contribution in [0.25, 0.3) is 0 Å². The van der Waals surface area contributed by atoms with Gasteiger partial charge in [-0.15, -0.1) is 0 Å². The van der Waals surface area contributed by atoms with Gasteiger partial charge in [0.15, 0.2) is 0 Å². The molecule has 0 spiro atoms. The molecular formula is C16H34O5. The highest BCUT2D eigenvalue weighted by Gasteiger charge is 1.98. The van der Waals surface area contributed by atoms with E-state index in [2.05, 4.69) is 13.8 Å². The van der Waals surface area contributed by atoms with Crippen LogP contribution in [0.5, 0.6) is 0 Å². The van der Waals surface area contributed by atoms with Gasteiger partial charge in [0.25, 0.3) is 0 Å². The van der Waals surface area contributed by atoms with Crippen molar-refractivity contribution in [3.63, 3.8) is 0 Å². The molecule has 0 radical (unpaired) electrons. The molecule has 0 aromatic heterocycles. The molecule has 0 aromatic carbocycles. The molecule has 0 aliphatic heterocycles. The third-order valence-electron chi connectivity index (χ3n) is 2.89. The van der Waals surface area contributed by atoms with Gasteiger partial charge >= 0.3 is 0 Å². The van der Waals surface area contributed by atoms with Crippen LogP contribution < -0.4 is 0 Å². The van der Waals surface area contributed by atoms with Gasteiger partial charge in [0.1, 0.15) is 0 Å². The lowest BCUT2D eigenvalue weighted by Gasteiger charge is -2.10. The number of ether oxygens (including phenoxy) is 5. The van der Waals surface area contributed by atoms with E-state index in [4.69, 9.17) is 23.7 Å². The summed E-state index contributed by atoms with van der Waals surface area (Å²) in [5.74, 6) is 0.624. The van der Waals surface area contributed by atoms with Crippen LogP contribution in [-0.4, -0.2) is 65.6 Å². The van der Waals surface area contributed by atoms with Crippen LogP contribution in [0.1, 0.15) is 34.1 Å². The number of rotatable bonds is 16. The maximum atomic E-state index is 5.49. The summed E-state index contributed by atoms with van der Waals surface area (Å²) >= 11 is 0. The highest BCUT2D eigenvalue weighted by atomic mass is 16.6. The van der Waals surface area contributed by atoms with Gasteiger partial charge < -0.3 is 23.7 Å². The second-order valence-electron chi connectivity index (χ2n) is 5.34. The molecule has 0 fully saturated rings. The molecule has 128 valence electrons. The van der Waals surface area contributed by atoms with Crippen molar-refractivity contribution in [1.82, 2.24) is 0 Å². The van der Waals surface area contributed by atoms with Gasteiger partial charge in [-0.05, 0) is 19.8 Å². The Hall–Kier alpha value is -0.200. The number of hydrogen-bond donors (Lipinski definition) is 0. The number of hydrogen-bond acceptors (Lipinski definition) is 5. The highest BCUT2D eigenvalue weighted by Crippen LogP contribution is 1.99. The van der Waals surface area contributed by atoms with E-state index in [1.807, 2.05) is 13.8 Å². The van der Waals surface area contributed by atoms with E-state index in [9.17, 15) is 0 Å². The minimum Gasteiger partial charge on any atom is -0.379 e. The highest BCUT2D eigenvalue weighted by molar-refractivity contribution is 4.45. The lowest BCUT2D eigenvalue weighted by molar-refractivity contribution is -0.0190. The van der Waals surface area contributed by atoms with Gasteiger partial charge in [0.2, 0.25) is 0 Å². The minimum atomic E-state index is 0.260. The zero-order valence-corrected chi connectivity index (χ0v) is 14.3. The van der Waals surface area contributed by atoms with Gasteiger partial charge in [-0.3, -0.25) is 0 Å². The van der Waals surface area contributed by atoms with E-state index >= 15 is 0 Å². The van der Waals surface area contributed by atoms with Crippen molar-refractivity contribution in [1.29, 1.82) is 0 Å². The van der Waals surface area contributed by atoms with E-state index in [0.29, 0.717) is 58.8 Å². The fraction of sp³-hybridized carbons (Fsp3) is 1.00. The fourth-order valence-electron chi connectivity index (χ4n) is 1.40. The maximum absolute atomic E-state index is 5.49. The first-order chi connectivity index (χ1) is 10.2. The maximum Gasteiger partial charge on any atom is 0.0703 e. The van der Waals surface area contributed by atoms with Gasteiger partial charge in [-0.25, -0.2) is 0 Å². The fourth-order valence-corrected chi connectivity index (χ4v) is 1.40. The molecule has 0 N–H and O–H groups in total. The molecule has 0 saturated heterocycles. The van der Waals surface area contributed by atoms with Crippen molar-refractivity contribution in [3.05, 3.63) is 0 Å². The Labute approximate surface area is 130 Å². The third-order valence-corrected chi connectivity index (χ3v) is 2.89. The van der Waals surface area contributed by atoms with E-state index in [0.717, 1.165) is 13.0 Å². The zero-order valence-electron chi connectivity index (χ0n) is 14.3. The molecule has 0 rings (SSSR count). The monoisotopic (exact) mass is 306 g/mol. The molecule has 0 heterocycles. The average molecular weight is 306 g/mol. The Kier molecular flexibility index (Phi) is 16.0. The minimum absolute atomic E-state index is 0.260. The molecule has 1 unspecified atom stereocenters. The summed E-state index contributed by atoms with van der Waals surface area (Å²) in [6, 6.07) is 0. The van der Waals surface area contributed by atoms with Crippen LogP contribution >= 0.6 is 0 Å². The van der Waals surface area contributed by atoms with Gasteiger partial charge in [-0.2, -0.15) is 0 Å². The van der Waals surface area contributed by atoms with Crippen LogP contribution in [0.4, 0.5) is 0 Å². The summed E-state index contributed by atoms with van der Waals surface area (Å²) in [6.07, 6.45) is 1.41. The lowest BCUT2D eigenvalue weighted by Crippen LogP contribution is -2.14.